The van der Waals surface area contributed by atoms with E-state index in [2.05, 4.69) is 12.2 Å². The second-order valence-electron chi connectivity index (χ2n) is 4.99. The lowest BCUT2D eigenvalue weighted by Gasteiger charge is -2.25. The average molecular weight is 227 g/mol. The summed E-state index contributed by atoms with van der Waals surface area (Å²) in [5.74, 6) is -0.259. The summed E-state index contributed by atoms with van der Waals surface area (Å²) >= 11 is 0. The van der Waals surface area contributed by atoms with E-state index >= 15 is 0 Å². The number of hydrogen-bond acceptors (Lipinski definition) is 3. The number of unbranched alkanes of at least 4 members (excludes halogenated alkanes) is 1. The first kappa shape index (κ1) is 15.2. The molecule has 0 aliphatic carbocycles. The van der Waals surface area contributed by atoms with Gasteiger partial charge in [-0.2, -0.15) is 0 Å². The molecule has 0 unspecified atom stereocenters. The molecule has 0 aromatic rings. The Morgan fingerprint density at radius 3 is 2.50 bits per heavy atom. The normalized spacial score (nSPS) is 11.1. The highest BCUT2D eigenvalue weighted by atomic mass is 16.5. The van der Waals surface area contributed by atoms with Gasteiger partial charge in [0.2, 0.25) is 0 Å². The number of carbonyl (C=O) groups excluding carboxylic acids is 1. The zero-order valence-corrected chi connectivity index (χ0v) is 11.2. The summed E-state index contributed by atoms with van der Waals surface area (Å²) in [5, 5.41) is 3.37. The van der Waals surface area contributed by atoms with E-state index in [1.54, 1.807) is 0 Å². The van der Waals surface area contributed by atoms with Crippen LogP contribution in [0.3, 0.4) is 0 Å². The van der Waals surface area contributed by atoms with E-state index in [-0.39, 0.29) is 11.5 Å². The number of carbonyl (C=O) groups is 1. The van der Waals surface area contributed by atoms with Crippen LogP contribution in [-0.2, 0) is 9.53 Å². The van der Waals surface area contributed by atoms with E-state index < -0.39 is 0 Å². The Labute approximate surface area is 99.3 Å². The predicted molar refractivity (Wildman–Crippen MR) is 67.4 cm³/mol. The van der Waals surface area contributed by atoms with Crippen molar-refractivity contribution in [2.75, 3.05) is 13.2 Å². The average Bonchev–Trinajstić information content (AvgIpc) is 2.14. The maximum Gasteiger partial charge on any atom is 0.330 e. The van der Waals surface area contributed by atoms with Crippen LogP contribution in [0.25, 0.3) is 0 Å². The minimum absolute atomic E-state index is 0.152. The molecule has 0 fully saturated rings. The standard InChI is InChI=1S/C13H25NO2/c1-6-7-8-14-13(4,5)10-16-12(15)9-11(2)3/h9,14H,6-8,10H2,1-5H3. The van der Waals surface area contributed by atoms with Crippen molar-refractivity contribution in [3.63, 3.8) is 0 Å². The number of esters is 1. The van der Waals surface area contributed by atoms with Crippen LogP contribution in [0.2, 0.25) is 0 Å². The van der Waals surface area contributed by atoms with Gasteiger partial charge in [-0.3, -0.25) is 0 Å². The topological polar surface area (TPSA) is 38.3 Å². The van der Waals surface area contributed by atoms with Gasteiger partial charge in [-0.15, -0.1) is 0 Å². The third kappa shape index (κ3) is 8.48. The molecule has 0 spiro atoms. The SMILES string of the molecule is CCCCNC(C)(C)COC(=O)C=C(C)C. The van der Waals surface area contributed by atoms with E-state index in [0.717, 1.165) is 18.5 Å². The van der Waals surface area contributed by atoms with E-state index in [0.29, 0.717) is 6.61 Å². The molecule has 94 valence electrons. The molecular weight excluding hydrogens is 202 g/mol. The zero-order valence-electron chi connectivity index (χ0n) is 11.2. The lowest BCUT2D eigenvalue weighted by Crippen LogP contribution is -2.44. The summed E-state index contributed by atoms with van der Waals surface area (Å²) in [6, 6.07) is 0. The third-order valence-electron chi connectivity index (χ3n) is 2.12. The van der Waals surface area contributed by atoms with Gasteiger partial charge in [-0.25, -0.2) is 4.79 Å². The highest BCUT2D eigenvalue weighted by Crippen LogP contribution is 2.04. The first-order chi connectivity index (χ1) is 7.37. The summed E-state index contributed by atoms with van der Waals surface area (Å²) < 4.78 is 5.17. The first-order valence-electron chi connectivity index (χ1n) is 5.94. The fourth-order valence-electron chi connectivity index (χ4n) is 1.18. The number of rotatable bonds is 7. The Morgan fingerprint density at radius 2 is 2.00 bits per heavy atom. The van der Waals surface area contributed by atoms with E-state index in [1.807, 2.05) is 27.7 Å². The van der Waals surface area contributed by atoms with Gasteiger partial charge in [0.1, 0.15) is 6.61 Å². The zero-order chi connectivity index (χ0) is 12.6. The summed E-state index contributed by atoms with van der Waals surface area (Å²) in [6.07, 6.45) is 3.83. The van der Waals surface area contributed by atoms with Gasteiger partial charge in [0.05, 0.1) is 0 Å². The fourth-order valence-corrected chi connectivity index (χ4v) is 1.18. The Hall–Kier alpha value is -0.830. The smallest absolute Gasteiger partial charge is 0.330 e. The number of allylic oxidation sites excluding steroid dienone is 1. The predicted octanol–water partition coefficient (Wildman–Crippen LogP) is 2.66. The maximum atomic E-state index is 11.3. The van der Waals surface area contributed by atoms with Crippen LogP contribution < -0.4 is 5.32 Å². The third-order valence-corrected chi connectivity index (χ3v) is 2.12. The molecule has 3 nitrogen and oxygen atoms in total. The van der Waals surface area contributed by atoms with Crippen LogP contribution in [0.5, 0.6) is 0 Å². The van der Waals surface area contributed by atoms with Crippen molar-refractivity contribution in [3.8, 4) is 0 Å². The quantitative estimate of drug-likeness (QED) is 0.413. The Morgan fingerprint density at radius 1 is 1.38 bits per heavy atom. The molecule has 0 radical (unpaired) electrons. The summed E-state index contributed by atoms with van der Waals surface area (Å²) in [4.78, 5) is 11.3. The molecule has 16 heavy (non-hydrogen) atoms. The van der Waals surface area contributed by atoms with E-state index in [4.69, 9.17) is 4.74 Å². The number of nitrogens with one attached hydrogen (secondary N) is 1. The molecule has 0 aromatic carbocycles. The van der Waals surface area contributed by atoms with Crippen molar-refractivity contribution < 1.29 is 9.53 Å². The molecule has 0 aliphatic rings. The van der Waals surface area contributed by atoms with Gasteiger partial charge in [-0.05, 0) is 40.7 Å². The summed E-state index contributed by atoms with van der Waals surface area (Å²) in [5.41, 5.74) is 0.807. The largest absolute Gasteiger partial charge is 0.461 e. The Bertz CT molecular complexity index is 240. The van der Waals surface area contributed by atoms with Gasteiger partial charge in [0, 0.05) is 11.6 Å². The second kappa shape index (κ2) is 7.44. The molecule has 0 amide bonds. The molecule has 1 N–H and O–H groups in total. The van der Waals surface area contributed by atoms with Crippen LogP contribution in [0.4, 0.5) is 0 Å². The molecule has 0 heterocycles. The van der Waals surface area contributed by atoms with E-state index in [1.165, 1.54) is 12.5 Å². The molecule has 0 saturated heterocycles. The molecule has 0 aliphatic heterocycles. The minimum atomic E-state index is -0.259. The van der Waals surface area contributed by atoms with Crippen LogP contribution in [0, 0.1) is 0 Å². The molecule has 0 atom stereocenters. The number of hydrogen-bond donors (Lipinski definition) is 1. The number of ether oxygens (including phenoxy) is 1. The molecular formula is C13H25NO2. The molecule has 0 rings (SSSR count). The van der Waals surface area contributed by atoms with Crippen LogP contribution in [0.1, 0.15) is 47.5 Å². The first-order valence-corrected chi connectivity index (χ1v) is 5.94. The van der Waals surface area contributed by atoms with Crippen molar-refractivity contribution in [1.29, 1.82) is 0 Å². The van der Waals surface area contributed by atoms with Crippen LogP contribution >= 0.6 is 0 Å². The van der Waals surface area contributed by atoms with E-state index in [9.17, 15) is 4.79 Å². The van der Waals surface area contributed by atoms with Crippen molar-refractivity contribution in [2.45, 2.75) is 53.0 Å². The highest BCUT2D eigenvalue weighted by molar-refractivity contribution is 5.82. The monoisotopic (exact) mass is 227 g/mol. The Kier molecular flexibility index (Phi) is 7.06. The summed E-state index contributed by atoms with van der Waals surface area (Å²) in [6.45, 7) is 11.4. The molecule has 3 heteroatoms. The Balaban J connectivity index is 3.89. The minimum Gasteiger partial charge on any atom is -0.461 e. The van der Waals surface area contributed by atoms with Gasteiger partial charge in [-0.1, -0.05) is 18.9 Å². The van der Waals surface area contributed by atoms with Gasteiger partial charge in [0.15, 0.2) is 0 Å². The maximum absolute atomic E-state index is 11.3. The van der Waals surface area contributed by atoms with Crippen molar-refractivity contribution >= 4 is 5.97 Å². The van der Waals surface area contributed by atoms with Gasteiger partial charge in [0.25, 0.3) is 0 Å². The van der Waals surface area contributed by atoms with Crippen LogP contribution in [-0.4, -0.2) is 24.7 Å². The molecule has 0 bridgehead atoms. The summed E-state index contributed by atoms with van der Waals surface area (Å²) in [7, 11) is 0. The molecule has 0 aromatic heterocycles. The van der Waals surface area contributed by atoms with Crippen molar-refractivity contribution in [3.05, 3.63) is 11.6 Å². The van der Waals surface area contributed by atoms with Gasteiger partial charge >= 0.3 is 5.97 Å². The van der Waals surface area contributed by atoms with Crippen LogP contribution in [0.15, 0.2) is 11.6 Å². The van der Waals surface area contributed by atoms with Crippen molar-refractivity contribution in [1.82, 2.24) is 5.32 Å². The van der Waals surface area contributed by atoms with Gasteiger partial charge < -0.3 is 10.1 Å². The second-order valence-corrected chi connectivity index (χ2v) is 4.99. The lowest BCUT2D eigenvalue weighted by molar-refractivity contribution is -0.139. The molecule has 0 saturated carbocycles. The fraction of sp³-hybridized carbons (Fsp3) is 0.769. The lowest BCUT2D eigenvalue weighted by atomic mass is 10.1. The highest BCUT2D eigenvalue weighted by Gasteiger charge is 2.18. The van der Waals surface area contributed by atoms with Crippen molar-refractivity contribution in [2.24, 2.45) is 0 Å².